The minimum absolute atomic E-state index is 0.00586. The van der Waals surface area contributed by atoms with Crippen LogP contribution in [-0.2, 0) is 28.6 Å². The third-order valence-corrected chi connectivity index (χ3v) is 12.3. The molecule has 0 aromatic rings. The molecule has 368 valence electrons. The van der Waals surface area contributed by atoms with E-state index in [0.717, 1.165) is 141 Å². The molecule has 0 aliphatic rings. The minimum Gasteiger partial charge on any atom is -0.466 e. The second kappa shape index (κ2) is 47.3. The van der Waals surface area contributed by atoms with Crippen molar-refractivity contribution in [2.24, 2.45) is 5.92 Å². The van der Waals surface area contributed by atoms with E-state index in [2.05, 4.69) is 32.6 Å². The van der Waals surface area contributed by atoms with Gasteiger partial charge in [0.25, 0.3) is 0 Å². The summed E-state index contributed by atoms with van der Waals surface area (Å²) in [5.41, 5.74) is 0. The molecule has 0 aromatic carbocycles. The number of aliphatic hydroxyl groups is 1. The second-order valence-electron chi connectivity index (χ2n) is 19.0. The average molecular weight is 881 g/mol. The molecule has 62 heavy (non-hydrogen) atoms. The van der Waals surface area contributed by atoms with Crippen LogP contribution in [0.4, 0.5) is 0 Å². The lowest BCUT2D eigenvalue weighted by molar-refractivity contribution is -0.150. The van der Waals surface area contributed by atoms with Gasteiger partial charge in [-0.05, 0) is 96.8 Å². The zero-order chi connectivity index (χ0) is 45.6. The minimum atomic E-state index is -0.150. The van der Waals surface area contributed by atoms with E-state index in [1.165, 1.54) is 96.3 Å². The van der Waals surface area contributed by atoms with Gasteiger partial charge in [-0.1, -0.05) is 169 Å². The summed E-state index contributed by atoms with van der Waals surface area (Å²) in [6.45, 7) is 14.3. The summed E-state index contributed by atoms with van der Waals surface area (Å²) in [5, 5.41) is 9.10. The molecule has 0 spiro atoms. The van der Waals surface area contributed by atoms with E-state index in [9.17, 15) is 14.4 Å². The van der Waals surface area contributed by atoms with Crippen LogP contribution in [0.15, 0.2) is 0 Å². The number of rotatable bonds is 49. The van der Waals surface area contributed by atoms with Gasteiger partial charge in [-0.3, -0.25) is 19.3 Å². The number of aliphatic hydroxyl groups excluding tert-OH is 1. The van der Waals surface area contributed by atoms with Crippen molar-refractivity contribution in [1.29, 1.82) is 0 Å². The van der Waals surface area contributed by atoms with Gasteiger partial charge in [-0.25, -0.2) is 0 Å². The lowest BCUT2D eigenvalue weighted by atomic mass is 10.0. The van der Waals surface area contributed by atoms with E-state index in [1.54, 1.807) is 0 Å². The van der Waals surface area contributed by atoms with Crippen LogP contribution in [0.5, 0.6) is 0 Å². The quantitative estimate of drug-likeness (QED) is 0.0363. The molecule has 0 saturated carbocycles. The molecule has 0 bridgehead atoms. The van der Waals surface area contributed by atoms with Crippen molar-refractivity contribution in [3.05, 3.63) is 0 Å². The van der Waals surface area contributed by atoms with Crippen LogP contribution in [0, 0.1) is 5.92 Å². The number of likely N-dealkylation sites (N-methyl/N-ethyl adjacent to an activating group) is 1. The van der Waals surface area contributed by atoms with E-state index >= 15 is 0 Å². The largest absolute Gasteiger partial charge is 0.466 e. The average Bonchev–Trinajstić information content (AvgIpc) is 3.24. The van der Waals surface area contributed by atoms with Gasteiger partial charge in [0.15, 0.2) is 0 Å². The predicted molar refractivity (Wildman–Crippen MR) is 261 cm³/mol. The van der Waals surface area contributed by atoms with Gasteiger partial charge in [0.05, 0.1) is 13.2 Å². The summed E-state index contributed by atoms with van der Waals surface area (Å²) in [6.07, 6.45) is 38.7. The Balaban J connectivity index is 4.50. The number of hydrogen-bond donors (Lipinski definition) is 1. The van der Waals surface area contributed by atoms with Crippen molar-refractivity contribution in [3.8, 4) is 0 Å². The molecule has 0 aliphatic heterocycles. The highest BCUT2D eigenvalue weighted by atomic mass is 16.5. The van der Waals surface area contributed by atoms with Crippen molar-refractivity contribution in [2.45, 2.75) is 259 Å². The van der Waals surface area contributed by atoms with Gasteiger partial charge >= 0.3 is 17.9 Å². The first-order valence-electron chi connectivity index (χ1n) is 26.7. The van der Waals surface area contributed by atoms with Crippen LogP contribution in [0.1, 0.15) is 252 Å². The van der Waals surface area contributed by atoms with Crippen molar-refractivity contribution in [3.63, 3.8) is 0 Å². The number of hydrogen-bond acceptors (Lipinski definition) is 9. The van der Waals surface area contributed by atoms with E-state index < -0.39 is 0 Å². The normalized spacial score (nSPS) is 11.7. The molecule has 0 unspecified atom stereocenters. The Morgan fingerprint density at radius 1 is 0.435 bits per heavy atom. The van der Waals surface area contributed by atoms with Crippen LogP contribution in [-0.4, -0.2) is 98.5 Å². The van der Waals surface area contributed by atoms with Crippen molar-refractivity contribution in [2.75, 3.05) is 59.6 Å². The predicted octanol–water partition coefficient (Wildman–Crippen LogP) is 13.6. The number of unbranched alkanes of at least 4 members (excludes halogenated alkanes) is 23. The molecule has 0 heterocycles. The Bertz CT molecular complexity index is 964. The molecule has 1 N–H and O–H groups in total. The molecule has 0 atom stereocenters. The van der Waals surface area contributed by atoms with E-state index in [-0.39, 0.29) is 30.6 Å². The van der Waals surface area contributed by atoms with Crippen molar-refractivity contribution < 1.29 is 33.7 Å². The number of ether oxygens (including phenoxy) is 3. The Morgan fingerprint density at radius 2 is 0.855 bits per heavy atom. The zero-order valence-corrected chi connectivity index (χ0v) is 41.9. The van der Waals surface area contributed by atoms with E-state index in [0.29, 0.717) is 39.0 Å². The first kappa shape index (κ1) is 60.3. The fraction of sp³-hybridized carbons (Fsp3) is 0.943. The summed E-state index contributed by atoms with van der Waals surface area (Å²) in [7, 11) is 1.95. The summed E-state index contributed by atoms with van der Waals surface area (Å²) in [6, 6.07) is 0. The molecular formula is C53H104N2O7. The number of carbonyl (C=O) groups is 3. The second-order valence-corrected chi connectivity index (χ2v) is 19.0. The summed E-state index contributed by atoms with van der Waals surface area (Å²) in [5.74, 6) is 0.593. The Morgan fingerprint density at radius 3 is 1.37 bits per heavy atom. The molecular weight excluding hydrogens is 777 g/mol. The molecule has 0 radical (unpaired) electrons. The topological polar surface area (TPSA) is 106 Å². The Kier molecular flexibility index (Phi) is 46.0. The van der Waals surface area contributed by atoms with Gasteiger partial charge in [0.1, 0.15) is 12.7 Å². The summed E-state index contributed by atoms with van der Waals surface area (Å²) < 4.78 is 17.2. The van der Waals surface area contributed by atoms with Gasteiger partial charge in [0.2, 0.25) is 0 Å². The van der Waals surface area contributed by atoms with E-state index in [1.807, 2.05) is 11.9 Å². The lowest BCUT2D eigenvalue weighted by Gasteiger charge is -2.22. The van der Waals surface area contributed by atoms with E-state index in [4.69, 9.17) is 19.3 Å². The number of esters is 3. The van der Waals surface area contributed by atoms with Gasteiger partial charge in [-0.2, -0.15) is 0 Å². The van der Waals surface area contributed by atoms with Crippen LogP contribution >= 0.6 is 0 Å². The van der Waals surface area contributed by atoms with Gasteiger partial charge in [-0.15, -0.1) is 0 Å². The highest BCUT2D eigenvalue weighted by molar-refractivity contribution is 5.70. The van der Waals surface area contributed by atoms with Crippen molar-refractivity contribution >= 4 is 17.9 Å². The van der Waals surface area contributed by atoms with Gasteiger partial charge in [0, 0.05) is 32.4 Å². The van der Waals surface area contributed by atoms with Crippen LogP contribution < -0.4 is 0 Å². The zero-order valence-electron chi connectivity index (χ0n) is 41.9. The molecule has 0 rings (SSSR count). The third-order valence-electron chi connectivity index (χ3n) is 12.3. The van der Waals surface area contributed by atoms with Gasteiger partial charge < -0.3 is 24.2 Å². The van der Waals surface area contributed by atoms with Crippen LogP contribution in [0.3, 0.4) is 0 Å². The molecule has 9 nitrogen and oxygen atoms in total. The molecule has 9 heteroatoms. The standard InChI is InChI=1S/C53H104N2O7/c1-6-8-10-12-19-27-36-50(37-28-20-13-11-9-7-2)62-53(59)39-30-22-17-24-32-43-55(45-48-61-52(58)40-34-41-54(5)44-46-56)42-31-23-16-21-29-38-51(57)60-47-33-25-15-14-18-26-35-49(3)4/h49-50,56H,6-48H2,1-5H3. The maximum Gasteiger partial charge on any atom is 0.306 e. The molecule has 0 aliphatic carbocycles. The summed E-state index contributed by atoms with van der Waals surface area (Å²) >= 11 is 0. The van der Waals surface area contributed by atoms with Crippen LogP contribution in [0.25, 0.3) is 0 Å². The fourth-order valence-electron chi connectivity index (χ4n) is 8.17. The lowest BCUT2D eigenvalue weighted by Crippen LogP contribution is -2.30. The Hall–Kier alpha value is -1.71. The molecule has 0 saturated heterocycles. The monoisotopic (exact) mass is 881 g/mol. The fourth-order valence-corrected chi connectivity index (χ4v) is 8.17. The molecule has 0 amide bonds. The van der Waals surface area contributed by atoms with Crippen LogP contribution in [0.2, 0.25) is 0 Å². The molecule has 0 aromatic heterocycles. The SMILES string of the molecule is CCCCCCCCC(CCCCCCCC)OC(=O)CCCCCCCN(CCCCCCCC(=O)OCCCCCCCCC(C)C)CCOC(=O)CCCN(C)CCO. The van der Waals surface area contributed by atoms with Crippen molar-refractivity contribution in [1.82, 2.24) is 9.80 Å². The number of carbonyl (C=O) groups excluding carboxylic acids is 3. The highest BCUT2D eigenvalue weighted by Crippen LogP contribution is 2.19. The maximum absolute atomic E-state index is 12.9. The number of nitrogens with zero attached hydrogens (tertiary/aromatic N) is 2. The first-order valence-corrected chi connectivity index (χ1v) is 26.7. The maximum atomic E-state index is 12.9. The smallest absolute Gasteiger partial charge is 0.306 e. The molecule has 0 fully saturated rings. The summed E-state index contributed by atoms with van der Waals surface area (Å²) in [4.78, 5) is 41.9. The Labute approximate surface area is 384 Å². The highest BCUT2D eigenvalue weighted by Gasteiger charge is 2.15. The first-order chi connectivity index (χ1) is 30.2. The third kappa shape index (κ3) is 44.9.